The molecule has 1 rings (SSSR count). The van der Waals surface area contributed by atoms with Crippen molar-refractivity contribution in [3.05, 3.63) is 12.3 Å². The van der Waals surface area contributed by atoms with Crippen molar-refractivity contribution < 1.29 is 4.74 Å². The SMILES string of the molecule is C1=CN=COC1.CC. The molecule has 0 amide bonds. The number of hydrogen-bond donors (Lipinski definition) is 0. The van der Waals surface area contributed by atoms with E-state index < -0.39 is 0 Å². The summed E-state index contributed by atoms with van der Waals surface area (Å²) in [6, 6.07) is 0. The molecule has 46 valence electrons. The van der Waals surface area contributed by atoms with Crippen LogP contribution >= 0.6 is 0 Å². The first kappa shape index (κ1) is 7.21. The minimum Gasteiger partial charge on any atom is -0.479 e. The first-order chi connectivity index (χ1) is 4.00. The summed E-state index contributed by atoms with van der Waals surface area (Å²) in [6.07, 6.45) is 4.99. The Morgan fingerprint density at radius 1 is 1.50 bits per heavy atom. The molecule has 8 heavy (non-hydrogen) atoms. The average Bonchev–Trinajstić information content (AvgIpc) is 1.96. The van der Waals surface area contributed by atoms with E-state index in [4.69, 9.17) is 4.74 Å². The largest absolute Gasteiger partial charge is 0.479 e. The standard InChI is InChI=1S/C4H5NO.C2H6/c1-2-5-4-6-3-1;1-2/h1-2,4H,3H2;1-2H3. The van der Waals surface area contributed by atoms with Crippen LogP contribution in [-0.4, -0.2) is 13.0 Å². The lowest BCUT2D eigenvalue weighted by atomic mass is 10.6. The summed E-state index contributed by atoms with van der Waals surface area (Å²) < 4.78 is 4.69. The van der Waals surface area contributed by atoms with Crippen LogP contribution < -0.4 is 0 Å². The Kier molecular flexibility index (Phi) is 5.60. The van der Waals surface area contributed by atoms with Gasteiger partial charge >= 0.3 is 0 Å². The highest BCUT2D eigenvalue weighted by Gasteiger charge is 1.76. The average molecular weight is 113 g/mol. The molecule has 1 aliphatic heterocycles. The van der Waals surface area contributed by atoms with E-state index in [0.717, 1.165) is 0 Å². The third-order valence-corrected chi connectivity index (χ3v) is 0.519. The second-order valence-electron chi connectivity index (χ2n) is 0.973. The Balaban J connectivity index is 0.000000222. The third kappa shape index (κ3) is 3.40. The highest BCUT2D eigenvalue weighted by molar-refractivity contribution is 5.48. The van der Waals surface area contributed by atoms with Crippen LogP contribution in [0.3, 0.4) is 0 Å². The van der Waals surface area contributed by atoms with Gasteiger partial charge in [0.15, 0.2) is 6.40 Å². The van der Waals surface area contributed by atoms with Gasteiger partial charge in [-0.25, -0.2) is 4.99 Å². The zero-order valence-electron chi connectivity index (χ0n) is 5.29. The molecule has 1 aliphatic rings. The van der Waals surface area contributed by atoms with Crippen molar-refractivity contribution in [3.8, 4) is 0 Å². The minimum absolute atomic E-state index is 0.670. The van der Waals surface area contributed by atoms with Gasteiger partial charge in [-0.05, 0) is 6.08 Å². The molecular weight excluding hydrogens is 102 g/mol. The van der Waals surface area contributed by atoms with Gasteiger partial charge in [-0.2, -0.15) is 0 Å². The Morgan fingerprint density at radius 2 is 2.25 bits per heavy atom. The van der Waals surface area contributed by atoms with Gasteiger partial charge in [-0.3, -0.25) is 0 Å². The normalized spacial score (nSPS) is 13.8. The molecular formula is C6H11NO. The molecule has 0 saturated heterocycles. The zero-order chi connectivity index (χ0) is 6.24. The van der Waals surface area contributed by atoms with Gasteiger partial charge in [0.05, 0.1) is 0 Å². The summed E-state index contributed by atoms with van der Waals surface area (Å²) >= 11 is 0. The van der Waals surface area contributed by atoms with Crippen LogP contribution in [0.2, 0.25) is 0 Å². The molecule has 0 saturated carbocycles. The van der Waals surface area contributed by atoms with Gasteiger partial charge in [0.1, 0.15) is 6.61 Å². The Hall–Kier alpha value is -0.790. The van der Waals surface area contributed by atoms with Crippen LogP contribution in [0, 0.1) is 0 Å². The van der Waals surface area contributed by atoms with Gasteiger partial charge in [0.2, 0.25) is 0 Å². The first-order valence-corrected chi connectivity index (χ1v) is 2.78. The van der Waals surface area contributed by atoms with Crippen LogP contribution in [0.15, 0.2) is 17.3 Å². The van der Waals surface area contributed by atoms with Crippen LogP contribution in [0.5, 0.6) is 0 Å². The second-order valence-corrected chi connectivity index (χ2v) is 0.973. The molecule has 2 nitrogen and oxygen atoms in total. The Labute approximate surface area is 49.9 Å². The number of ether oxygens (including phenoxy) is 1. The molecule has 0 aromatic heterocycles. The van der Waals surface area contributed by atoms with Crippen molar-refractivity contribution in [2.45, 2.75) is 13.8 Å². The fourth-order valence-electron chi connectivity index (χ4n) is 0.281. The van der Waals surface area contributed by atoms with E-state index in [2.05, 4.69) is 4.99 Å². The van der Waals surface area contributed by atoms with Gasteiger partial charge in [-0.1, -0.05) is 13.8 Å². The lowest BCUT2D eigenvalue weighted by molar-refractivity contribution is 0.362. The molecule has 2 heteroatoms. The summed E-state index contributed by atoms with van der Waals surface area (Å²) in [5.41, 5.74) is 0. The van der Waals surface area contributed by atoms with Gasteiger partial charge in [0, 0.05) is 6.20 Å². The van der Waals surface area contributed by atoms with Crippen molar-refractivity contribution >= 4 is 6.40 Å². The van der Waals surface area contributed by atoms with Crippen LogP contribution in [0.1, 0.15) is 13.8 Å². The maximum absolute atomic E-state index is 4.69. The third-order valence-electron chi connectivity index (χ3n) is 0.519. The van der Waals surface area contributed by atoms with E-state index in [1.165, 1.54) is 6.40 Å². The molecule has 0 aliphatic carbocycles. The minimum atomic E-state index is 0.670. The molecule has 0 spiro atoms. The number of aliphatic imine (C=N–C) groups is 1. The van der Waals surface area contributed by atoms with Crippen molar-refractivity contribution in [2.24, 2.45) is 4.99 Å². The Morgan fingerprint density at radius 3 is 2.38 bits per heavy atom. The monoisotopic (exact) mass is 113 g/mol. The van der Waals surface area contributed by atoms with E-state index in [1.54, 1.807) is 6.20 Å². The van der Waals surface area contributed by atoms with Gasteiger partial charge < -0.3 is 4.74 Å². The molecule has 0 bridgehead atoms. The van der Waals surface area contributed by atoms with Crippen molar-refractivity contribution in [1.29, 1.82) is 0 Å². The summed E-state index contributed by atoms with van der Waals surface area (Å²) in [5, 5.41) is 0. The molecule has 0 fully saturated rings. The van der Waals surface area contributed by atoms with E-state index in [0.29, 0.717) is 6.61 Å². The lowest BCUT2D eigenvalue weighted by Gasteiger charge is -1.93. The van der Waals surface area contributed by atoms with E-state index in [1.807, 2.05) is 19.9 Å². The maximum Gasteiger partial charge on any atom is 0.174 e. The fraction of sp³-hybridized carbons (Fsp3) is 0.500. The van der Waals surface area contributed by atoms with E-state index >= 15 is 0 Å². The predicted octanol–water partition coefficient (Wildman–Crippen LogP) is 1.58. The smallest absolute Gasteiger partial charge is 0.174 e. The summed E-state index contributed by atoms with van der Waals surface area (Å²) in [7, 11) is 0. The quantitative estimate of drug-likeness (QED) is 0.467. The second kappa shape index (κ2) is 6.21. The number of rotatable bonds is 0. The molecule has 0 atom stereocenters. The molecule has 1 heterocycles. The van der Waals surface area contributed by atoms with Gasteiger partial charge in [-0.15, -0.1) is 0 Å². The highest BCUT2D eigenvalue weighted by Crippen LogP contribution is 1.81. The first-order valence-electron chi connectivity index (χ1n) is 2.78. The summed E-state index contributed by atoms with van der Waals surface area (Å²) in [6.45, 7) is 4.67. The maximum atomic E-state index is 4.69. The van der Waals surface area contributed by atoms with Crippen molar-refractivity contribution in [1.82, 2.24) is 0 Å². The molecule has 0 aromatic rings. The van der Waals surface area contributed by atoms with E-state index in [9.17, 15) is 0 Å². The molecule has 0 aromatic carbocycles. The van der Waals surface area contributed by atoms with E-state index in [-0.39, 0.29) is 0 Å². The number of nitrogens with zero attached hydrogens (tertiary/aromatic N) is 1. The fourth-order valence-corrected chi connectivity index (χ4v) is 0.281. The lowest BCUT2D eigenvalue weighted by Crippen LogP contribution is -1.89. The Bertz CT molecular complexity index is 74.5. The van der Waals surface area contributed by atoms with Crippen LogP contribution in [0.4, 0.5) is 0 Å². The zero-order valence-corrected chi connectivity index (χ0v) is 5.29. The van der Waals surface area contributed by atoms with Crippen molar-refractivity contribution in [2.75, 3.05) is 6.61 Å². The molecule has 0 radical (unpaired) electrons. The van der Waals surface area contributed by atoms with Crippen LogP contribution in [-0.2, 0) is 4.74 Å². The van der Waals surface area contributed by atoms with Gasteiger partial charge in [0.25, 0.3) is 0 Å². The number of hydrogen-bond acceptors (Lipinski definition) is 2. The predicted molar refractivity (Wildman–Crippen MR) is 34.9 cm³/mol. The molecule has 0 N–H and O–H groups in total. The topological polar surface area (TPSA) is 21.6 Å². The van der Waals surface area contributed by atoms with Crippen molar-refractivity contribution in [3.63, 3.8) is 0 Å². The highest BCUT2D eigenvalue weighted by atomic mass is 16.5. The summed E-state index contributed by atoms with van der Waals surface area (Å²) in [4.78, 5) is 3.65. The molecule has 0 unspecified atom stereocenters. The van der Waals surface area contributed by atoms with Crippen LogP contribution in [0.25, 0.3) is 0 Å². The summed E-state index contributed by atoms with van der Waals surface area (Å²) in [5.74, 6) is 0.